The van der Waals surface area contributed by atoms with Crippen LogP contribution in [0.15, 0.2) is 48.7 Å². The lowest BCUT2D eigenvalue weighted by atomic mass is 10.2. The summed E-state index contributed by atoms with van der Waals surface area (Å²) in [6.45, 7) is 2.04. The summed E-state index contributed by atoms with van der Waals surface area (Å²) < 4.78 is 2.03. The largest absolute Gasteiger partial charge is 0.298 e. The normalized spacial score (nSPS) is 10.9. The summed E-state index contributed by atoms with van der Waals surface area (Å²) in [4.78, 5) is 4.45. The van der Waals surface area contributed by atoms with E-state index in [1.165, 1.54) is 0 Å². The van der Waals surface area contributed by atoms with Crippen molar-refractivity contribution in [3.05, 3.63) is 59.4 Å². The number of hydrogen-bond donors (Lipinski definition) is 0. The van der Waals surface area contributed by atoms with Crippen LogP contribution in [0.3, 0.4) is 0 Å². The molecule has 0 aliphatic rings. The molecule has 0 N–H and O–H groups in total. The van der Waals surface area contributed by atoms with Crippen LogP contribution in [-0.2, 0) is 0 Å². The van der Waals surface area contributed by atoms with Gasteiger partial charge in [-0.05, 0) is 18.6 Å². The maximum atomic E-state index is 6.20. The molecule has 0 aliphatic heterocycles. The van der Waals surface area contributed by atoms with Gasteiger partial charge in [0.2, 0.25) is 0 Å². The van der Waals surface area contributed by atoms with Crippen LogP contribution >= 0.6 is 11.6 Å². The van der Waals surface area contributed by atoms with Crippen LogP contribution < -0.4 is 0 Å². The number of fused-ring (bicyclic) bond motifs is 1. The van der Waals surface area contributed by atoms with E-state index in [0.717, 1.165) is 22.5 Å². The maximum absolute atomic E-state index is 6.20. The van der Waals surface area contributed by atoms with Crippen LogP contribution in [-0.4, -0.2) is 9.38 Å². The molecule has 0 amide bonds. The summed E-state index contributed by atoms with van der Waals surface area (Å²) in [6, 6.07) is 14.1. The van der Waals surface area contributed by atoms with E-state index in [9.17, 15) is 0 Å². The van der Waals surface area contributed by atoms with Gasteiger partial charge in [0.1, 0.15) is 5.82 Å². The van der Waals surface area contributed by atoms with Crippen LogP contribution in [0.4, 0.5) is 0 Å². The predicted octanol–water partition coefficient (Wildman–Crippen LogP) is 3.96. The average Bonchev–Trinajstić information content (AvgIpc) is 2.69. The molecule has 2 nitrogen and oxygen atoms in total. The summed E-state index contributed by atoms with van der Waals surface area (Å²) in [5.41, 5.74) is 3.18. The van der Waals surface area contributed by atoms with Gasteiger partial charge in [0.05, 0.1) is 5.52 Å². The summed E-state index contributed by atoms with van der Waals surface area (Å²) in [7, 11) is 0. The third-order valence-electron chi connectivity index (χ3n) is 2.86. The minimum atomic E-state index is 0.557. The second kappa shape index (κ2) is 3.90. The Labute approximate surface area is 104 Å². The van der Waals surface area contributed by atoms with Crippen LogP contribution in [0.1, 0.15) is 5.56 Å². The van der Waals surface area contributed by atoms with E-state index in [1.807, 2.05) is 60.0 Å². The second-order valence-corrected chi connectivity index (χ2v) is 4.36. The maximum Gasteiger partial charge on any atom is 0.155 e. The monoisotopic (exact) mass is 242 g/mol. The van der Waals surface area contributed by atoms with Gasteiger partial charge in [0.25, 0.3) is 0 Å². The van der Waals surface area contributed by atoms with Gasteiger partial charge in [-0.3, -0.25) is 4.40 Å². The topological polar surface area (TPSA) is 17.3 Å². The molecule has 17 heavy (non-hydrogen) atoms. The fraction of sp³-hybridized carbons (Fsp3) is 0.0714. The lowest BCUT2D eigenvalue weighted by Gasteiger charge is -2.02. The number of imidazole rings is 1. The fourth-order valence-electron chi connectivity index (χ4n) is 2.05. The zero-order valence-corrected chi connectivity index (χ0v) is 10.1. The van der Waals surface area contributed by atoms with E-state index >= 15 is 0 Å². The number of halogens is 1. The van der Waals surface area contributed by atoms with Crippen LogP contribution in [0.5, 0.6) is 0 Å². The molecule has 3 aromatic rings. The molecular weight excluding hydrogens is 232 g/mol. The van der Waals surface area contributed by atoms with E-state index < -0.39 is 0 Å². The van der Waals surface area contributed by atoms with Gasteiger partial charge in [-0.15, -0.1) is 0 Å². The number of nitrogens with zero attached hydrogens (tertiary/aromatic N) is 2. The highest BCUT2D eigenvalue weighted by Gasteiger charge is 2.11. The van der Waals surface area contributed by atoms with Gasteiger partial charge in [0, 0.05) is 11.8 Å². The Kier molecular flexibility index (Phi) is 2.37. The van der Waals surface area contributed by atoms with Crippen molar-refractivity contribution in [2.24, 2.45) is 0 Å². The van der Waals surface area contributed by atoms with Crippen LogP contribution in [0.25, 0.3) is 16.9 Å². The molecule has 84 valence electrons. The number of aromatic nitrogens is 2. The number of aryl methyl sites for hydroxylation is 1. The quantitative estimate of drug-likeness (QED) is 0.631. The van der Waals surface area contributed by atoms with E-state index in [2.05, 4.69) is 4.98 Å². The molecule has 1 aromatic carbocycles. The van der Waals surface area contributed by atoms with Crippen molar-refractivity contribution in [1.29, 1.82) is 0 Å². The zero-order valence-electron chi connectivity index (χ0n) is 9.39. The molecule has 0 unspecified atom stereocenters. The van der Waals surface area contributed by atoms with Crippen molar-refractivity contribution in [3.63, 3.8) is 0 Å². The zero-order chi connectivity index (χ0) is 11.8. The molecule has 0 spiro atoms. The Hall–Kier alpha value is -1.80. The minimum Gasteiger partial charge on any atom is -0.298 e. The van der Waals surface area contributed by atoms with Gasteiger partial charge in [-0.2, -0.15) is 0 Å². The first-order valence-electron chi connectivity index (χ1n) is 5.46. The van der Waals surface area contributed by atoms with Crippen LogP contribution in [0.2, 0.25) is 5.15 Å². The molecule has 3 heteroatoms. The summed E-state index contributed by atoms with van der Waals surface area (Å²) in [5, 5.41) is 0.557. The highest BCUT2D eigenvalue weighted by molar-refractivity contribution is 6.33. The lowest BCUT2D eigenvalue weighted by molar-refractivity contribution is 1.15. The summed E-state index contributed by atoms with van der Waals surface area (Å²) >= 11 is 6.20. The Morgan fingerprint density at radius 2 is 1.82 bits per heavy atom. The van der Waals surface area contributed by atoms with E-state index in [-0.39, 0.29) is 0 Å². The number of hydrogen-bond acceptors (Lipinski definition) is 1. The third-order valence-corrected chi connectivity index (χ3v) is 3.12. The molecule has 2 heterocycles. The average molecular weight is 243 g/mol. The lowest BCUT2D eigenvalue weighted by Crippen LogP contribution is -1.89. The molecule has 3 rings (SSSR count). The van der Waals surface area contributed by atoms with Crippen molar-refractivity contribution in [3.8, 4) is 11.4 Å². The van der Waals surface area contributed by atoms with Crippen molar-refractivity contribution >= 4 is 17.1 Å². The first-order chi connectivity index (χ1) is 8.27. The van der Waals surface area contributed by atoms with Crippen LogP contribution in [0, 0.1) is 6.92 Å². The van der Waals surface area contributed by atoms with Gasteiger partial charge in [-0.1, -0.05) is 48.0 Å². The Balaban J connectivity index is 2.36. The summed E-state index contributed by atoms with van der Waals surface area (Å²) in [5.74, 6) is 0.884. The SMILES string of the molecule is Cc1cccn2c(-c3ccccc3)nc(Cl)c12. The highest BCUT2D eigenvalue weighted by atomic mass is 35.5. The second-order valence-electron chi connectivity index (χ2n) is 4.00. The smallest absolute Gasteiger partial charge is 0.155 e. The Bertz CT molecular complexity index is 671. The summed E-state index contributed by atoms with van der Waals surface area (Å²) in [6.07, 6.45) is 1.99. The van der Waals surface area contributed by atoms with Crippen molar-refractivity contribution in [2.45, 2.75) is 6.92 Å². The Morgan fingerprint density at radius 1 is 1.06 bits per heavy atom. The first-order valence-corrected chi connectivity index (χ1v) is 5.84. The molecule has 0 saturated heterocycles. The van der Waals surface area contributed by atoms with E-state index in [0.29, 0.717) is 5.15 Å². The van der Waals surface area contributed by atoms with E-state index in [1.54, 1.807) is 0 Å². The predicted molar refractivity (Wildman–Crippen MR) is 70.4 cm³/mol. The highest BCUT2D eigenvalue weighted by Crippen LogP contribution is 2.27. The standard InChI is InChI=1S/C14H11ClN2/c1-10-6-5-9-17-12(10)13(15)16-14(17)11-7-3-2-4-8-11/h2-9H,1H3. The minimum absolute atomic E-state index is 0.557. The van der Waals surface area contributed by atoms with Crippen molar-refractivity contribution in [1.82, 2.24) is 9.38 Å². The molecule has 0 atom stereocenters. The number of rotatable bonds is 1. The van der Waals surface area contributed by atoms with Gasteiger partial charge in [-0.25, -0.2) is 4.98 Å². The molecular formula is C14H11ClN2. The van der Waals surface area contributed by atoms with E-state index in [4.69, 9.17) is 11.6 Å². The fourth-order valence-corrected chi connectivity index (χ4v) is 2.37. The van der Waals surface area contributed by atoms with Gasteiger partial charge < -0.3 is 0 Å². The third kappa shape index (κ3) is 1.61. The van der Waals surface area contributed by atoms with Crippen molar-refractivity contribution in [2.75, 3.05) is 0 Å². The molecule has 2 aromatic heterocycles. The molecule has 0 saturated carbocycles. The molecule has 0 fully saturated rings. The number of pyridine rings is 1. The Morgan fingerprint density at radius 3 is 2.59 bits per heavy atom. The first kappa shape index (κ1) is 10.4. The molecule has 0 bridgehead atoms. The van der Waals surface area contributed by atoms with Gasteiger partial charge in [0.15, 0.2) is 5.15 Å². The number of benzene rings is 1. The molecule has 0 aliphatic carbocycles. The van der Waals surface area contributed by atoms with Gasteiger partial charge >= 0.3 is 0 Å². The molecule has 0 radical (unpaired) electrons. The van der Waals surface area contributed by atoms with Crippen molar-refractivity contribution < 1.29 is 0 Å².